The molecule has 0 bridgehead atoms. The number of nitrogens with two attached hydrogens (primary N) is 1. The maximum atomic E-state index is 14.9. The Morgan fingerprint density at radius 2 is 1.25 bits per heavy atom. The molecule has 1 amide bonds. The Labute approximate surface area is 312 Å². The van der Waals surface area contributed by atoms with Crippen LogP contribution in [0.5, 0.6) is 0 Å². The second-order valence-electron chi connectivity index (χ2n) is 12.1. The van der Waals surface area contributed by atoms with Gasteiger partial charge in [0.1, 0.15) is 18.3 Å². The quantitative estimate of drug-likeness (QED) is 0.132. The minimum atomic E-state index is -0.699. The first-order valence-corrected chi connectivity index (χ1v) is 16.5. The number of anilines is 4. The molecule has 0 spiro atoms. The number of alkyl carbamates (subject to hydrolysis) is 1. The monoisotopic (exact) mass is 766 g/mol. The summed E-state index contributed by atoms with van der Waals surface area (Å²) in [6.45, 7) is 5.41. The molecule has 0 fully saturated rings. The van der Waals surface area contributed by atoms with E-state index in [1.165, 1.54) is 18.7 Å². The van der Waals surface area contributed by atoms with Crippen molar-refractivity contribution in [1.82, 2.24) is 54.8 Å². The van der Waals surface area contributed by atoms with Crippen molar-refractivity contribution in [2.45, 2.75) is 39.5 Å². The average Bonchev–Trinajstić information content (AvgIpc) is 3.72. The first-order chi connectivity index (χ1) is 25.2. The van der Waals surface area contributed by atoms with Crippen molar-refractivity contribution in [3.63, 3.8) is 0 Å². The molecule has 0 aliphatic rings. The number of nitrogens with zero attached hydrogens (tertiary/aromatic N) is 10. The van der Waals surface area contributed by atoms with Gasteiger partial charge in [-0.3, -0.25) is 9.36 Å². The summed E-state index contributed by atoms with van der Waals surface area (Å²) in [4.78, 5) is 36.2. The molecule has 2 aromatic carbocycles. The van der Waals surface area contributed by atoms with Gasteiger partial charge in [-0.25, -0.2) is 33.5 Å². The summed E-state index contributed by atoms with van der Waals surface area (Å²) in [5, 5.41) is 16.6. The number of halogens is 4. The van der Waals surface area contributed by atoms with Crippen LogP contribution in [0, 0.1) is 11.6 Å². The number of carbonyl (C=O) groups excluding carboxylic acids is 1. The van der Waals surface area contributed by atoms with E-state index < -0.39 is 23.3 Å². The summed E-state index contributed by atoms with van der Waals surface area (Å²) in [6.07, 6.45) is 5.46. The summed E-state index contributed by atoms with van der Waals surface area (Å²) in [7, 11) is 3.57. The summed E-state index contributed by atoms with van der Waals surface area (Å²) in [6, 6.07) is 9.78. The number of amides is 1. The van der Waals surface area contributed by atoms with Crippen LogP contribution >= 0.6 is 23.2 Å². The molecule has 53 heavy (non-hydrogen) atoms. The van der Waals surface area contributed by atoms with E-state index in [1.54, 1.807) is 87.0 Å². The Balaban J connectivity index is 0.000000211. The lowest BCUT2D eigenvalue weighted by atomic mass is 10.1. The molecule has 0 aliphatic carbocycles. The maximum Gasteiger partial charge on any atom is 0.407 e. The van der Waals surface area contributed by atoms with Gasteiger partial charge >= 0.3 is 6.09 Å². The van der Waals surface area contributed by atoms with Gasteiger partial charge in [-0.15, -0.1) is 0 Å². The molecular weight excluding hydrogens is 733 g/mol. The Bertz CT molecular complexity index is 2220. The number of carbonyl (C=O) groups is 1. The lowest BCUT2D eigenvalue weighted by Crippen LogP contribution is -2.32. The van der Waals surface area contributed by atoms with Crippen LogP contribution in [-0.2, 0) is 31.9 Å². The predicted octanol–water partition coefficient (Wildman–Crippen LogP) is 6.10. The Hall–Kier alpha value is -5.85. The zero-order valence-corrected chi connectivity index (χ0v) is 30.6. The van der Waals surface area contributed by atoms with Crippen molar-refractivity contribution in [2.75, 3.05) is 10.6 Å². The first-order valence-electron chi connectivity index (χ1n) is 15.7. The summed E-state index contributed by atoms with van der Waals surface area (Å²) in [5.41, 5.74) is 6.07. The van der Waals surface area contributed by atoms with Gasteiger partial charge in [0.25, 0.3) is 0 Å². The average molecular weight is 768 g/mol. The van der Waals surface area contributed by atoms with E-state index in [9.17, 15) is 13.6 Å². The summed E-state index contributed by atoms with van der Waals surface area (Å²) in [5.74, 6) is 0.547. The van der Waals surface area contributed by atoms with Gasteiger partial charge in [-0.1, -0.05) is 35.3 Å². The molecule has 20 heteroatoms. The van der Waals surface area contributed by atoms with E-state index in [2.05, 4.69) is 56.1 Å². The highest BCUT2D eigenvalue weighted by Gasteiger charge is 2.19. The number of hydrogen-bond donors (Lipinski definition) is 4. The highest BCUT2D eigenvalue weighted by atomic mass is 35.5. The molecule has 0 atom stereocenters. The zero-order valence-electron chi connectivity index (χ0n) is 29.1. The van der Waals surface area contributed by atoms with Gasteiger partial charge in [0.05, 0.1) is 21.2 Å². The van der Waals surface area contributed by atoms with Crippen LogP contribution in [-0.4, -0.2) is 61.2 Å². The van der Waals surface area contributed by atoms with Crippen molar-refractivity contribution in [1.29, 1.82) is 0 Å². The second kappa shape index (κ2) is 16.7. The van der Waals surface area contributed by atoms with Crippen LogP contribution in [0.1, 0.15) is 31.9 Å². The first kappa shape index (κ1) is 38.4. The van der Waals surface area contributed by atoms with Crippen molar-refractivity contribution >= 4 is 52.8 Å². The molecule has 0 aliphatic heterocycles. The zero-order chi connectivity index (χ0) is 38.3. The number of benzene rings is 2. The van der Waals surface area contributed by atoms with Crippen LogP contribution in [0.4, 0.5) is 37.1 Å². The highest BCUT2D eigenvalue weighted by Crippen LogP contribution is 2.30. The van der Waals surface area contributed by atoms with Crippen LogP contribution in [0.15, 0.2) is 61.4 Å². The number of hydrogen-bond acceptors (Lipinski definition) is 13. The van der Waals surface area contributed by atoms with Crippen LogP contribution < -0.4 is 21.7 Å². The van der Waals surface area contributed by atoms with Crippen molar-refractivity contribution in [3.8, 4) is 22.8 Å². The van der Waals surface area contributed by atoms with Gasteiger partial charge < -0.3 is 26.4 Å². The van der Waals surface area contributed by atoms with Gasteiger partial charge in [0.2, 0.25) is 11.9 Å². The van der Waals surface area contributed by atoms with Crippen LogP contribution in [0.2, 0.25) is 10.0 Å². The van der Waals surface area contributed by atoms with E-state index in [-0.39, 0.29) is 57.8 Å². The van der Waals surface area contributed by atoms with E-state index in [0.717, 1.165) is 0 Å². The molecule has 0 unspecified atom stereocenters. The molecule has 0 radical (unpaired) electrons. The number of aryl methyl sites for hydroxylation is 2. The third-order valence-electron chi connectivity index (χ3n) is 6.90. The largest absolute Gasteiger partial charge is 0.444 e. The number of ether oxygens (including phenoxy) is 1. The van der Waals surface area contributed by atoms with Crippen LogP contribution in [0.3, 0.4) is 0 Å². The van der Waals surface area contributed by atoms with Crippen molar-refractivity contribution in [2.24, 2.45) is 19.8 Å². The lowest BCUT2D eigenvalue weighted by molar-refractivity contribution is 0.0523. The fourth-order valence-electron chi connectivity index (χ4n) is 4.47. The lowest BCUT2D eigenvalue weighted by Gasteiger charge is -2.20. The molecule has 4 aromatic heterocycles. The standard InChI is InChI=1S/C19H21ClFN7O2.C14H13ClFN7/c1-19(2,3)30-18(29)22-9-11-5-6-12(15(21)14(11)20)16-23-10-24-17(26-16)25-13-7-8-28(4)27-13;1-23-5-4-10(22-23)20-14-19-7-18-13(21-14)9-3-2-8(6-17)11(15)12(9)16/h5-8,10H,9H2,1-4H3,(H,22,29)(H,23,24,25,26,27);2-5,7H,6,17H2,1H3,(H,18,19,20,21,22). The molecule has 0 saturated heterocycles. The number of nitrogens with one attached hydrogen (secondary N) is 3. The van der Waals surface area contributed by atoms with Crippen molar-refractivity contribution in [3.05, 3.63) is 94.3 Å². The predicted molar refractivity (Wildman–Crippen MR) is 194 cm³/mol. The van der Waals surface area contributed by atoms with Crippen LogP contribution in [0.25, 0.3) is 22.8 Å². The molecule has 276 valence electrons. The number of rotatable bonds is 9. The molecule has 16 nitrogen and oxygen atoms in total. The second-order valence-corrected chi connectivity index (χ2v) is 12.9. The molecule has 5 N–H and O–H groups in total. The Morgan fingerprint density at radius 1 is 0.774 bits per heavy atom. The van der Waals surface area contributed by atoms with Gasteiger partial charge in [0.15, 0.2) is 34.9 Å². The molecular formula is C33H34Cl2F2N14O2. The normalized spacial score (nSPS) is 11.1. The minimum Gasteiger partial charge on any atom is -0.444 e. The molecule has 4 heterocycles. The fourth-order valence-corrected chi connectivity index (χ4v) is 4.94. The minimum absolute atomic E-state index is 0.00856. The Kier molecular flexibility index (Phi) is 12.1. The van der Waals surface area contributed by atoms with E-state index in [1.807, 2.05) is 0 Å². The topological polar surface area (TPSA) is 201 Å². The number of aromatic nitrogens is 10. The fraction of sp³-hybridized carbons (Fsp3) is 0.242. The summed E-state index contributed by atoms with van der Waals surface area (Å²) >= 11 is 12.1. The highest BCUT2D eigenvalue weighted by molar-refractivity contribution is 6.32. The molecule has 6 aromatic rings. The van der Waals surface area contributed by atoms with E-state index in [4.69, 9.17) is 33.7 Å². The van der Waals surface area contributed by atoms with E-state index >= 15 is 0 Å². The van der Waals surface area contributed by atoms with Gasteiger partial charge in [-0.2, -0.15) is 20.2 Å². The van der Waals surface area contributed by atoms with Gasteiger partial charge in [0, 0.05) is 51.7 Å². The third kappa shape index (κ3) is 10.1. The molecule has 0 saturated carbocycles. The summed E-state index contributed by atoms with van der Waals surface area (Å²) < 4.78 is 37.7. The Morgan fingerprint density at radius 3 is 1.68 bits per heavy atom. The maximum absolute atomic E-state index is 14.9. The van der Waals surface area contributed by atoms with Gasteiger partial charge in [-0.05, 0) is 44.0 Å². The van der Waals surface area contributed by atoms with Crippen molar-refractivity contribution < 1.29 is 18.3 Å². The molecule has 6 rings (SSSR count). The third-order valence-corrected chi connectivity index (χ3v) is 7.72. The van der Waals surface area contributed by atoms with E-state index in [0.29, 0.717) is 22.8 Å². The smallest absolute Gasteiger partial charge is 0.407 e. The SMILES string of the molecule is Cn1ccc(Nc2ncnc(-c3ccc(CN)c(Cl)c3F)n2)n1.Cn1ccc(Nc2ncnc(-c3ccc(CNC(=O)OC(C)(C)C)c(Cl)c3F)n2)n1.